The number of ether oxygens (including phenoxy) is 2. The molecule has 0 aliphatic carbocycles. The van der Waals surface area contributed by atoms with Gasteiger partial charge in [0.05, 0.1) is 34.4 Å². The largest absolute Gasteiger partial charge is 0.472 e. The molecule has 0 aliphatic rings. The molecule has 0 fully saturated rings. The molecule has 314 valence electrons. The summed E-state index contributed by atoms with van der Waals surface area (Å²) in [7, 11) is 1.65. The number of hydrogen-bond acceptors (Lipinski definition) is 6. The Hall–Kier alpha value is -1.80. The summed E-state index contributed by atoms with van der Waals surface area (Å²) in [4.78, 5) is 22.7. The average Bonchev–Trinajstić information content (AvgIpc) is 3.12. The van der Waals surface area contributed by atoms with E-state index in [-0.39, 0.29) is 25.8 Å². The first-order valence-electron chi connectivity index (χ1n) is 21.5. The van der Waals surface area contributed by atoms with Gasteiger partial charge in [-0.05, 0) is 57.8 Å². The van der Waals surface area contributed by atoms with Crippen LogP contribution in [-0.2, 0) is 27.9 Å². The Morgan fingerprint density at radius 1 is 0.593 bits per heavy atom. The van der Waals surface area contributed by atoms with Crippen LogP contribution in [0.3, 0.4) is 0 Å². The van der Waals surface area contributed by atoms with E-state index in [4.69, 9.17) is 18.5 Å². The van der Waals surface area contributed by atoms with Crippen LogP contribution in [0.5, 0.6) is 0 Å². The molecule has 0 aromatic rings. The summed E-state index contributed by atoms with van der Waals surface area (Å²) in [6.07, 6.45) is 47.0. The summed E-state index contributed by atoms with van der Waals surface area (Å²) < 4.78 is 34.9. The number of carbonyl (C=O) groups excluding carboxylic acids is 1. The number of phosphoric ester groups is 1. The maximum atomic E-state index is 12.6. The van der Waals surface area contributed by atoms with Crippen LogP contribution in [0.4, 0.5) is 0 Å². The van der Waals surface area contributed by atoms with Crippen molar-refractivity contribution in [1.29, 1.82) is 0 Å². The van der Waals surface area contributed by atoms with Gasteiger partial charge in [-0.2, -0.15) is 0 Å². The first kappa shape index (κ1) is 52.2. The van der Waals surface area contributed by atoms with Gasteiger partial charge in [-0.25, -0.2) is 4.57 Å². The summed E-state index contributed by atoms with van der Waals surface area (Å²) >= 11 is 0. The topological polar surface area (TPSA) is 91.3 Å². The smallest absolute Gasteiger partial charge is 0.457 e. The van der Waals surface area contributed by atoms with Gasteiger partial charge in [0.2, 0.25) is 0 Å². The highest BCUT2D eigenvalue weighted by Crippen LogP contribution is 2.43. The van der Waals surface area contributed by atoms with Gasteiger partial charge in [0, 0.05) is 13.0 Å². The maximum Gasteiger partial charge on any atom is 0.472 e. The number of likely N-dealkylation sites (N-methyl/N-ethyl adjacent to an activating group) is 1. The van der Waals surface area contributed by atoms with Crippen LogP contribution in [0.25, 0.3) is 0 Å². The van der Waals surface area contributed by atoms with E-state index >= 15 is 0 Å². The Balaban J connectivity index is 4.11. The molecule has 0 amide bonds. The second-order valence-electron chi connectivity index (χ2n) is 15.3. The normalized spacial score (nSPS) is 14.4. The molecule has 0 saturated carbocycles. The Bertz CT molecular complexity index is 1050. The molecule has 0 aromatic heterocycles. The number of quaternary nitrogens is 1. The molecule has 2 unspecified atom stereocenters. The lowest BCUT2D eigenvalue weighted by Crippen LogP contribution is -2.37. The first-order valence-corrected chi connectivity index (χ1v) is 23.0. The van der Waals surface area contributed by atoms with Crippen LogP contribution in [0, 0.1) is 0 Å². The predicted molar refractivity (Wildman–Crippen MR) is 229 cm³/mol. The number of rotatable bonds is 39. The van der Waals surface area contributed by atoms with Crippen LogP contribution >= 0.6 is 7.82 Å². The van der Waals surface area contributed by atoms with Crippen molar-refractivity contribution in [3.63, 3.8) is 0 Å². The quantitative estimate of drug-likeness (QED) is 0.0218. The number of allylic oxidation sites excluding steroid dienone is 10. The highest BCUT2D eigenvalue weighted by molar-refractivity contribution is 7.47. The zero-order chi connectivity index (χ0) is 39.9. The Morgan fingerprint density at radius 3 is 1.61 bits per heavy atom. The molecular formula is C45H83NO7P+. The first-order chi connectivity index (χ1) is 26.1. The molecule has 1 N–H and O–H groups in total. The molecule has 0 aromatic carbocycles. The van der Waals surface area contributed by atoms with Gasteiger partial charge < -0.3 is 18.9 Å². The third-order valence-corrected chi connectivity index (χ3v) is 9.83. The fourth-order valence-corrected chi connectivity index (χ4v) is 6.26. The number of esters is 1. The summed E-state index contributed by atoms with van der Waals surface area (Å²) in [5.74, 6) is -0.324. The molecule has 0 spiro atoms. The van der Waals surface area contributed by atoms with E-state index in [1.165, 1.54) is 70.6 Å². The summed E-state index contributed by atoms with van der Waals surface area (Å²) in [6, 6.07) is 0. The number of phosphoric acid groups is 1. The molecule has 54 heavy (non-hydrogen) atoms. The van der Waals surface area contributed by atoms with Crippen molar-refractivity contribution in [2.75, 3.05) is 54.1 Å². The third-order valence-electron chi connectivity index (χ3n) is 8.84. The van der Waals surface area contributed by atoms with E-state index in [0.29, 0.717) is 24.1 Å². The van der Waals surface area contributed by atoms with E-state index in [0.717, 1.165) is 70.6 Å². The highest BCUT2D eigenvalue weighted by Gasteiger charge is 2.26. The summed E-state index contributed by atoms with van der Waals surface area (Å²) in [6.45, 7) is 5.44. The van der Waals surface area contributed by atoms with Crippen molar-refractivity contribution in [1.82, 2.24) is 0 Å². The second-order valence-corrected chi connectivity index (χ2v) is 16.8. The van der Waals surface area contributed by atoms with Crippen LogP contribution in [0.2, 0.25) is 0 Å². The molecule has 0 rings (SSSR count). The van der Waals surface area contributed by atoms with Crippen molar-refractivity contribution >= 4 is 13.8 Å². The monoisotopic (exact) mass is 781 g/mol. The second kappa shape index (κ2) is 38.1. The minimum atomic E-state index is -4.27. The minimum absolute atomic E-state index is 0.0851. The molecule has 8 nitrogen and oxygen atoms in total. The molecule has 9 heteroatoms. The molecule has 0 bridgehead atoms. The van der Waals surface area contributed by atoms with Gasteiger partial charge in [0.25, 0.3) is 0 Å². The molecule has 2 atom stereocenters. The SMILES string of the molecule is CC/C=C\C/C=C\C/C=C\C/C=C\C/C=C\CCCCCCCCCCOCC(COP(=O)(O)OCC[N+](C)(C)C)OC(=O)CCCCCCCCCC. The van der Waals surface area contributed by atoms with Crippen molar-refractivity contribution in [3.8, 4) is 0 Å². The maximum absolute atomic E-state index is 12.6. The van der Waals surface area contributed by atoms with E-state index < -0.39 is 13.9 Å². The number of unbranched alkanes of at least 4 members (excludes halogenated alkanes) is 15. The van der Waals surface area contributed by atoms with Gasteiger partial charge in [-0.3, -0.25) is 13.8 Å². The molecule has 0 saturated heterocycles. The molecule has 0 heterocycles. The van der Waals surface area contributed by atoms with Gasteiger partial charge in [-0.15, -0.1) is 0 Å². The standard InChI is InChI=1S/C45H82NO7P/c1-6-8-10-12-14-16-17-18-19-20-21-22-23-24-25-26-27-28-29-30-31-33-35-37-40-50-42-44(43-52-54(48,49)51-41-39-46(3,4)5)53-45(47)38-36-34-32-15-13-11-9-7-2/h8,10,14,16,18-19,21-22,24-25,44H,6-7,9,11-13,15,17,20,23,26-43H2,1-5H3/p+1/b10-8-,16-14-,19-18-,22-21-,25-24-. The predicted octanol–water partition coefficient (Wildman–Crippen LogP) is 12.5. The Kier molecular flexibility index (Phi) is 36.8. The van der Waals surface area contributed by atoms with E-state index in [1.54, 1.807) is 0 Å². The minimum Gasteiger partial charge on any atom is -0.457 e. The van der Waals surface area contributed by atoms with Gasteiger partial charge in [0.1, 0.15) is 19.3 Å². The van der Waals surface area contributed by atoms with Gasteiger partial charge >= 0.3 is 13.8 Å². The van der Waals surface area contributed by atoms with E-state index in [2.05, 4.69) is 74.6 Å². The van der Waals surface area contributed by atoms with Gasteiger partial charge in [-0.1, -0.05) is 158 Å². The van der Waals surface area contributed by atoms with Crippen molar-refractivity contribution in [2.45, 2.75) is 168 Å². The number of nitrogens with zero attached hydrogens (tertiary/aromatic N) is 1. The molecule has 0 aliphatic heterocycles. The molecule has 0 radical (unpaired) electrons. The van der Waals surface area contributed by atoms with E-state index in [1.807, 2.05) is 21.1 Å². The van der Waals surface area contributed by atoms with Crippen LogP contribution < -0.4 is 0 Å². The molecular weight excluding hydrogens is 697 g/mol. The lowest BCUT2D eigenvalue weighted by molar-refractivity contribution is -0.870. The van der Waals surface area contributed by atoms with Crippen molar-refractivity contribution < 1.29 is 37.3 Å². The Morgan fingerprint density at radius 2 is 1.07 bits per heavy atom. The van der Waals surface area contributed by atoms with E-state index in [9.17, 15) is 14.3 Å². The highest BCUT2D eigenvalue weighted by atomic mass is 31.2. The average molecular weight is 781 g/mol. The zero-order valence-corrected chi connectivity index (χ0v) is 36.3. The van der Waals surface area contributed by atoms with Crippen LogP contribution in [-0.4, -0.2) is 75.6 Å². The van der Waals surface area contributed by atoms with Gasteiger partial charge in [0.15, 0.2) is 0 Å². The summed E-state index contributed by atoms with van der Waals surface area (Å²) in [5, 5.41) is 0. The number of carbonyl (C=O) groups is 1. The third kappa shape index (κ3) is 41.4. The van der Waals surface area contributed by atoms with Crippen LogP contribution in [0.15, 0.2) is 60.8 Å². The van der Waals surface area contributed by atoms with Crippen LogP contribution in [0.1, 0.15) is 162 Å². The Labute approximate surface area is 332 Å². The number of hydrogen-bond donors (Lipinski definition) is 1. The van der Waals surface area contributed by atoms with Crippen molar-refractivity contribution in [3.05, 3.63) is 60.8 Å². The fourth-order valence-electron chi connectivity index (χ4n) is 5.52. The van der Waals surface area contributed by atoms with Crippen molar-refractivity contribution in [2.24, 2.45) is 0 Å². The zero-order valence-electron chi connectivity index (χ0n) is 35.4. The summed E-state index contributed by atoms with van der Waals surface area (Å²) in [5.41, 5.74) is 0. The lowest BCUT2D eigenvalue weighted by atomic mass is 10.1. The lowest BCUT2D eigenvalue weighted by Gasteiger charge is -2.24. The fraction of sp³-hybridized carbons (Fsp3) is 0.756.